The van der Waals surface area contributed by atoms with Crippen LogP contribution >= 0.6 is 0 Å². The third kappa shape index (κ3) is 6.11. The number of allylic oxidation sites excluding steroid dienone is 2. The molecule has 4 rings (SSSR count). The first kappa shape index (κ1) is 22.4. The Kier molecular flexibility index (Phi) is 7.56. The van der Waals surface area contributed by atoms with E-state index in [9.17, 15) is 4.79 Å². The van der Waals surface area contributed by atoms with Gasteiger partial charge in [0.25, 0.3) is 0 Å². The van der Waals surface area contributed by atoms with Crippen LogP contribution in [0.15, 0.2) is 96.7 Å². The van der Waals surface area contributed by atoms with E-state index in [4.69, 9.17) is 14.7 Å². The summed E-state index contributed by atoms with van der Waals surface area (Å²) in [6, 6.07) is 26.0. The molecule has 1 aliphatic rings. The van der Waals surface area contributed by atoms with Crippen molar-refractivity contribution in [2.75, 3.05) is 6.61 Å². The molecule has 168 valence electrons. The third-order valence-corrected chi connectivity index (χ3v) is 5.53. The number of hydrogen-bond donors (Lipinski definition) is 2. The second-order valence-electron chi connectivity index (χ2n) is 7.85. The zero-order valence-electron chi connectivity index (χ0n) is 18.3. The Morgan fingerprint density at radius 2 is 1.64 bits per heavy atom. The van der Waals surface area contributed by atoms with Crippen molar-refractivity contribution in [3.8, 4) is 5.75 Å². The molecule has 0 saturated heterocycles. The fourth-order valence-electron chi connectivity index (χ4n) is 3.95. The Morgan fingerprint density at radius 3 is 2.30 bits per heavy atom. The highest BCUT2D eigenvalue weighted by Crippen LogP contribution is 2.32. The number of ether oxygens (including phenoxy) is 1. The number of aliphatic carboxylic acids is 1. The van der Waals surface area contributed by atoms with Crippen LogP contribution in [0, 0.1) is 0 Å². The van der Waals surface area contributed by atoms with Gasteiger partial charge in [-0.2, -0.15) is 0 Å². The minimum absolute atomic E-state index is 0.206. The van der Waals surface area contributed by atoms with Gasteiger partial charge in [0.15, 0.2) is 6.61 Å². The molecular weight excluding hydrogens is 414 g/mol. The smallest absolute Gasteiger partial charge is 0.341 e. The van der Waals surface area contributed by atoms with E-state index >= 15 is 0 Å². The van der Waals surface area contributed by atoms with Gasteiger partial charge in [-0.15, -0.1) is 0 Å². The Bertz CT molecular complexity index is 1080. The Morgan fingerprint density at radius 1 is 0.939 bits per heavy atom. The monoisotopic (exact) mass is 441 g/mol. The number of rotatable bonds is 10. The van der Waals surface area contributed by atoms with Crippen molar-refractivity contribution in [3.05, 3.63) is 119 Å². The van der Waals surface area contributed by atoms with E-state index in [1.54, 1.807) is 0 Å². The molecule has 0 amide bonds. The molecule has 2 N–H and O–H groups in total. The van der Waals surface area contributed by atoms with Crippen LogP contribution < -0.4 is 10.2 Å². The fourth-order valence-corrected chi connectivity index (χ4v) is 3.95. The van der Waals surface area contributed by atoms with Gasteiger partial charge < -0.3 is 9.84 Å². The van der Waals surface area contributed by atoms with E-state index in [-0.39, 0.29) is 12.7 Å². The van der Waals surface area contributed by atoms with Gasteiger partial charge in [0.2, 0.25) is 0 Å². The zero-order valence-corrected chi connectivity index (χ0v) is 18.3. The van der Waals surface area contributed by atoms with Crippen LogP contribution in [0.3, 0.4) is 0 Å². The minimum atomic E-state index is -0.971. The summed E-state index contributed by atoms with van der Waals surface area (Å²) in [5, 5.41) is 8.86. The summed E-state index contributed by atoms with van der Waals surface area (Å²) in [5.74, 6) is -0.315. The van der Waals surface area contributed by atoms with Gasteiger partial charge in [-0.3, -0.25) is 10.3 Å². The van der Waals surface area contributed by atoms with Gasteiger partial charge in [-0.05, 0) is 42.0 Å². The molecule has 0 heterocycles. The number of carbonyl (C=O) groups is 1. The summed E-state index contributed by atoms with van der Waals surface area (Å²) < 4.78 is 5.44. The Hall–Kier alpha value is -3.83. The second kappa shape index (κ2) is 11.2. The van der Waals surface area contributed by atoms with E-state index in [0.717, 1.165) is 41.5 Å². The number of nitrogens with one attached hydrogen (secondary N) is 1. The van der Waals surface area contributed by atoms with Gasteiger partial charge in [-0.25, -0.2) is 4.79 Å². The SMILES string of the molecule is O=C(O)COc1cccc2c1CCC(CC=CNOC(c1ccccc1)c1ccccc1)=C2. The molecule has 3 aromatic carbocycles. The summed E-state index contributed by atoms with van der Waals surface area (Å²) in [4.78, 5) is 16.8. The van der Waals surface area contributed by atoms with E-state index < -0.39 is 5.97 Å². The van der Waals surface area contributed by atoms with Crippen molar-refractivity contribution in [1.82, 2.24) is 5.48 Å². The molecule has 5 nitrogen and oxygen atoms in total. The number of carboxylic acid groups (broad SMARTS) is 1. The predicted octanol–water partition coefficient (Wildman–Crippen LogP) is 5.69. The molecule has 0 spiro atoms. The van der Waals surface area contributed by atoms with Crippen LogP contribution in [0.4, 0.5) is 0 Å². The maximum absolute atomic E-state index is 10.8. The van der Waals surface area contributed by atoms with Crippen LogP contribution in [-0.4, -0.2) is 17.7 Å². The van der Waals surface area contributed by atoms with Crippen LogP contribution in [0.1, 0.15) is 41.2 Å². The van der Waals surface area contributed by atoms with E-state index in [2.05, 4.69) is 41.9 Å². The standard InChI is InChI=1S/C28H27NO4/c30-27(31)20-32-26-15-7-14-24-19-21(16-17-25(24)26)9-8-18-29-33-28(22-10-3-1-4-11-22)23-12-5-2-6-13-23/h1-8,10-15,18-19,28-29H,9,16-17,20H2,(H,30,31). The Labute approximate surface area is 193 Å². The molecule has 0 fully saturated rings. The number of hydroxylamine groups is 1. The highest BCUT2D eigenvalue weighted by molar-refractivity contribution is 5.69. The quantitative estimate of drug-likeness (QED) is 0.396. The lowest BCUT2D eigenvalue weighted by Gasteiger charge is -2.19. The normalized spacial score (nSPS) is 12.9. The molecule has 0 saturated carbocycles. The van der Waals surface area contributed by atoms with Crippen molar-refractivity contribution in [2.45, 2.75) is 25.4 Å². The maximum atomic E-state index is 10.8. The summed E-state index contributed by atoms with van der Waals surface area (Å²) in [6.45, 7) is -0.325. The van der Waals surface area contributed by atoms with Crippen LogP contribution in [-0.2, 0) is 16.1 Å². The molecule has 1 aliphatic carbocycles. The fraction of sp³-hybridized carbons (Fsp3) is 0.179. The van der Waals surface area contributed by atoms with Gasteiger partial charge >= 0.3 is 5.97 Å². The number of hydrogen-bond acceptors (Lipinski definition) is 4. The Balaban J connectivity index is 1.36. The molecule has 0 atom stereocenters. The average molecular weight is 442 g/mol. The third-order valence-electron chi connectivity index (χ3n) is 5.53. The van der Waals surface area contributed by atoms with Crippen LogP contribution in [0.5, 0.6) is 5.75 Å². The average Bonchev–Trinajstić information content (AvgIpc) is 2.85. The largest absolute Gasteiger partial charge is 0.482 e. The summed E-state index contributed by atoms with van der Waals surface area (Å²) >= 11 is 0. The van der Waals surface area contributed by atoms with Gasteiger partial charge in [0.05, 0.1) is 0 Å². The lowest BCUT2D eigenvalue weighted by Crippen LogP contribution is -2.14. The molecular formula is C28H27NO4. The van der Waals surface area contributed by atoms with E-state index in [1.165, 1.54) is 5.57 Å². The van der Waals surface area contributed by atoms with E-state index in [1.807, 2.05) is 60.8 Å². The number of carboxylic acids is 1. The molecule has 0 aliphatic heterocycles. The van der Waals surface area contributed by atoms with Crippen molar-refractivity contribution in [3.63, 3.8) is 0 Å². The van der Waals surface area contributed by atoms with E-state index in [0.29, 0.717) is 5.75 Å². The lowest BCUT2D eigenvalue weighted by molar-refractivity contribution is -0.139. The van der Waals surface area contributed by atoms with Crippen molar-refractivity contribution >= 4 is 12.0 Å². The molecule has 0 radical (unpaired) electrons. The first-order chi connectivity index (χ1) is 16.2. The molecule has 33 heavy (non-hydrogen) atoms. The summed E-state index contributed by atoms with van der Waals surface area (Å²) in [7, 11) is 0. The highest BCUT2D eigenvalue weighted by atomic mass is 16.7. The molecule has 0 unspecified atom stereocenters. The lowest BCUT2D eigenvalue weighted by atomic mass is 9.90. The van der Waals surface area contributed by atoms with Gasteiger partial charge in [0.1, 0.15) is 11.9 Å². The topological polar surface area (TPSA) is 67.8 Å². The highest BCUT2D eigenvalue weighted by Gasteiger charge is 2.16. The number of benzene rings is 3. The van der Waals surface area contributed by atoms with Gasteiger partial charge in [0, 0.05) is 11.8 Å². The van der Waals surface area contributed by atoms with Crippen molar-refractivity contribution in [1.29, 1.82) is 0 Å². The van der Waals surface area contributed by atoms with Crippen LogP contribution in [0.2, 0.25) is 0 Å². The van der Waals surface area contributed by atoms with Crippen molar-refractivity contribution in [2.24, 2.45) is 0 Å². The first-order valence-corrected chi connectivity index (χ1v) is 11.0. The zero-order chi connectivity index (χ0) is 22.9. The summed E-state index contributed by atoms with van der Waals surface area (Å²) in [5.41, 5.74) is 8.62. The maximum Gasteiger partial charge on any atom is 0.341 e. The molecule has 0 aromatic heterocycles. The van der Waals surface area contributed by atoms with Gasteiger partial charge in [-0.1, -0.05) is 90.5 Å². The predicted molar refractivity (Wildman–Crippen MR) is 129 cm³/mol. The first-order valence-electron chi connectivity index (χ1n) is 11.0. The molecule has 5 heteroatoms. The molecule has 0 bridgehead atoms. The second-order valence-corrected chi connectivity index (χ2v) is 7.85. The minimum Gasteiger partial charge on any atom is -0.482 e. The summed E-state index contributed by atoms with van der Waals surface area (Å²) in [6.07, 6.45) is 8.38. The van der Waals surface area contributed by atoms with Crippen LogP contribution in [0.25, 0.3) is 6.08 Å². The number of fused-ring (bicyclic) bond motifs is 1. The van der Waals surface area contributed by atoms with Crippen molar-refractivity contribution < 1.29 is 19.5 Å². The molecule has 3 aromatic rings.